The molecule has 1 unspecified atom stereocenters. The number of hydrogen-bond acceptors (Lipinski definition) is 3. The lowest BCUT2D eigenvalue weighted by Gasteiger charge is -2.32. The minimum Gasteiger partial charge on any atom is -0.316 e. The lowest BCUT2D eigenvalue weighted by Crippen LogP contribution is -2.41. The summed E-state index contributed by atoms with van der Waals surface area (Å²) < 4.78 is 0. The van der Waals surface area contributed by atoms with Crippen LogP contribution in [0.5, 0.6) is 0 Å². The smallest absolute Gasteiger partial charge is 0.0244 e. The molecule has 1 aromatic heterocycles. The van der Waals surface area contributed by atoms with E-state index in [9.17, 15) is 0 Å². The predicted molar refractivity (Wildman–Crippen MR) is 84.7 cm³/mol. The van der Waals surface area contributed by atoms with Gasteiger partial charge in [0.25, 0.3) is 0 Å². The van der Waals surface area contributed by atoms with Crippen LogP contribution in [0.1, 0.15) is 45.6 Å². The summed E-state index contributed by atoms with van der Waals surface area (Å²) >= 11 is 1.81. The largest absolute Gasteiger partial charge is 0.316 e. The quantitative estimate of drug-likeness (QED) is 0.818. The zero-order valence-corrected chi connectivity index (χ0v) is 13.6. The van der Waals surface area contributed by atoms with Crippen LogP contribution in [0.4, 0.5) is 0 Å². The van der Waals surface area contributed by atoms with Crippen LogP contribution < -0.4 is 5.32 Å². The Hall–Kier alpha value is -0.380. The summed E-state index contributed by atoms with van der Waals surface area (Å²) in [6.45, 7) is 9.33. The second kappa shape index (κ2) is 6.38. The Morgan fingerprint density at radius 3 is 2.63 bits per heavy atom. The monoisotopic (exact) mass is 280 g/mol. The Kier molecular flexibility index (Phi) is 5.04. The highest BCUT2D eigenvalue weighted by atomic mass is 32.1. The average molecular weight is 280 g/mol. The topological polar surface area (TPSA) is 15.3 Å². The van der Waals surface area contributed by atoms with Gasteiger partial charge in [-0.25, -0.2) is 0 Å². The second-order valence-corrected chi connectivity index (χ2v) is 7.61. The van der Waals surface area contributed by atoms with Crippen LogP contribution in [-0.2, 0) is 6.54 Å². The molecule has 1 saturated carbocycles. The van der Waals surface area contributed by atoms with E-state index in [4.69, 9.17) is 0 Å². The Morgan fingerprint density at radius 2 is 2.16 bits per heavy atom. The normalized spacial score (nSPS) is 17.9. The van der Waals surface area contributed by atoms with Crippen LogP contribution in [0.3, 0.4) is 0 Å². The molecular weight excluding hydrogens is 252 g/mol. The SMILES string of the molecule is CNC(CCN(Cc1ccsc1)C1CC1)C(C)(C)C. The first-order valence-corrected chi connectivity index (χ1v) is 8.37. The van der Waals surface area contributed by atoms with Crippen molar-refractivity contribution in [2.45, 2.75) is 58.7 Å². The summed E-state index contributed by atoms with van der Waals surface area (Å²) in [4.78, 5) is 2.68. The van der Waals surface area contributed by atoms with Gasteiger partial charge in [0, 0.05) is 25.2 Å². The molecule has 0 bridgehead atoms. The highest BCUT2D eigenvalue weighted by molar-refractivity contribution is 7.07. The van der Waals surface area contributed by atoms with Crippen LogP contribution in [0, 0.1) is 5.41 Å². The zero-order chi connectivity index (χ0) is 13.9. The Morgan fingerprint density at radius 1 is 1.42 bits per heavy atom. The van der Waals surface area contributed by atoms with Crippen LogP contribution in [0.15, 0.2) is 16.8 Å². The Labute approximate surface area is 122 Å². The Bertz CT molecular complexity index is 363. The summed E-state index contributed by atoms with van der Waals surface area (Å²) in [5.74, 6) is 0. The van der Waals surface area contributed by atoms with Crippen molar-refractivity contribution in [3.8, 4) is 0 Å². The van der Waals surface area contributed by atoms with Crippen molar-refractivity contribution in [3.63, 3.8) is 0 Å². The maximum absolute atomic E-state index is 3.49. The first kappa shape index (κ1) is 15.0. The van der Waals surface area contributed by atoms with Gasteiger partial charge >= 0.3 is 0 Å². The van der Waals surface area contributed by atoms with Crippen molar-refractivity contribution in [1.82, 2.24) is 10.2 Å². The second-order valence-electron chi connectivity index (χ2n) is 6.83. The van der Waals surface area contributed by atoms with Gasteiger partial charge < -0.3 is 5.32 Å². The molecule has 1 aliphatic rings. The predicted octanol–water partition coefficient (Wildman–Crippen LogP) is 3.74. The highest BCUT2D eigenvalue weighted by Gasteiger charge is 2.30. The molecule has 19 heavy (non-hydrogen) atoms. The molecule has 1 N–H and O–H groups in total. The first-order chi connectivity index (χ1) is 9.00. The number of nitrogens with zero attached hydrogens (tertiary/aromatic N) is 1. The molecule has 108 valence electrons. The molecule has 0 amide bonds. The van der Waals surface area contributed by atoms with Gasteiger partial charge in [-0.2, -0.15) is 11.3 Å². The van der Waals surface area contributed by atoms with E-state index in [1.54, 1.807) is 0 Å². The molecule has 1 fully saturated rings. The summed E-state index contributed by atoms with van der Waals surface area (Å²) in [6, 6.07) is 3.70. The molecule has 0 aromatic carbocycles. The fraction of sp³-hybridized carbons (Fsp3) is 0.750. The molecule has 1 aromatic rings. The molecule has 0 spiro atoms. The molecule has 0 saturated heterocycles. The van der Waals surface area contributed by atoms with Crippen LogP contribution >= 0.6 is 11.3 Å². The van der Waals surface area contributed by atoms with Gasteiger partial charge in [-0.05, 0) is 54.1 Å². The fourth-order valence-electron chi connectivity index (χ4n) is 2.75. The molecule has 1 atom stereocenters. The Balaban J connectivity index is 1.87. The number of rotatable bonds is 7. The number of thiophene rings is 1. The average Bonchev–Trinajstić information content (AvgIpc) is 3.05. The highest BCUT2D eigenvalue weighted by Crippen LogP contribution is 2.30. The zero-order valence-electron chi connectivity index (χ0n) is 12.8. The van der Waals surface area contributed by atoms with Crippen molar-refractivity contribution in [2.75, 3.05) is 13.6 Å². The van der Waals surface area contributed by atoms with E-state index >= 15 is 0 Å². The van der Waals surface area contributed by atoms with E-state index in [0.717, 1.165) is 12.6 Å². The third kappa shape index (κ3) is 4.59. The number of nitrogens with one attached hydrogen (secondary N) is 1. The van der Waals surface area contributed by atoms with Gasteiger partial charge in [0.2, 0.25) is 0 Å². The van der Waals surface area contributed by atoms with Gasteiger partial charge in [0.15, 0.2) is 0 Å². The van der Waals surface area contributed by atoms with E-state index in [2.05, 4.69) is 54.9 Å². The van der Waals surface area contributed by atoms with E-state index in [1.807, 2.05) is 11.3 Å². The third-order valence-corrected chi connectivity index (χ3v) is 4.86. The summed E-state index contributed by atoms with van der Waals surface area (Å²) in [5, 5.41) is 7.96. The minimum absolute atomic E-state index is 0.340. The molecule has 2 rings (SSSR count). The van der Waals surface area contributed by atoms with E-state index in [1.165, 1.54) is 31.4 Å². The molecule has 3 heteroatoms. The molecule has 1 aliphatic carbocycles. The van der Waals surface area contributed by atoms with E-state index in [0.29, 0.717) is 11.5 Å². The van der Waals surface area contributed by atoms with Crippen LogP contribution in [-0.4, -0.2) is 30.6 Å². The van der Waals surface area contributed by atoms with E-state index < -0.39 is 0 Å². The molecule has 1 heterocycles. The van der Waals surface area contributed by atoms with Crippen molar-refractivity contribution >= 4 is 11.3 Å². The number of hydrogen-bond donors (Lipinski definition) is 1. The van der Waals surface area contributed by atoms with Crippen LogP contribution in [0.25, 0.3) is 0 Å². The minimum atomic E-state index is 0.340. The van der Waals surface area contributed by atoms with Gasteiger partial charge in [-0.15, -0.1) is 0 Å². The summed E-state index contributed by atoms with van der Waals surface area (Å²) in [7, 11) is 2.09. The molecule has 0 aliphatic heterocycles. The van der Waals surface area contributed by atoms with Gasteiger partial charge in [0.1, 0.15) is 0 Å². The molecular formula is C16H28N2S. The fourth-order valence-corrected chi connectivity index (χ4v) is 3.41. The van der Waals surface area contributed by atoms with Gasteiger partial charge in [-0.3, -0.25) is 4.90 Å². The maximum atomic E-state index is 3.49. The van der Waals surface area contributed by atoms with Crippen LogP contribution in [0.2, 0.25) is 0 Å². The van der Waals surface area contributed by atoms with Crippen molar-refractivity contribution < 1.29 is 0 Å². The first-order valence-electron chi connectivity index (χ1n) is 7.43. The lowest BCUT2D eigenvalue weighted by molar-refractivity contribution is 0.199. The molecule has 2 nitrogen and oxygen atoms in total. The van der Waals surface area contributed by atoms with Gasteiger partial charge in [0.05, 0.1) is 0 Å². The maximum Gasteiger partial charge on any atom is 0.0244 e. The van der Waals surface area contributed by atoms with Crippen molar-refractivity contribution in [3.05, 3.63) is 22.4 Å². The molecule has 0 radical (unpaired) electrons. The van der Waals surface area contributed by atoms with E-state index in [-0.39, 0.29) is 0 Å². The summed E-state index contributed by atoms with van der Waals surface area (Å²) in [6.07, 6.45) is 4.02. The van der Waals surface area contributed by atoms with Gasteiger partial charge in [-0.1, -0.05) is 20.8 Å². The standard InChI is InChI=1S/C16H28N2S/c1-16(2,3)15(17-4)7-9-18(14-5-6-14)11-13-8-10-19-12-13/h8,10,12,14-15,17H,5-7,9,11H2,1-4H3. The summed E-state index contributed by atoms with van der Waals surface area (Å²) in [5.41, 5.74) is 1.82. The van der Waals surface area contributed by atoms with Crippen molar-refractivity contribution in [2.24, 2.45) is 5.41 Å². The third-order valence-electron chi connectivity index (χ3n) is 4.13. The van der Waals surface area contributed by atoms with Crippen molar-refractivity contribution in [1.29, 1.82) is 0 Å². The lowest BCUT2D eigenvalue weighted by atomic mass is 9.85.